The van der Waals surface area contributed by atoms with Crippen LogP contribution in [0.25, 0.3) is 0 Å². The molecule has 0 bridgehead atoms. The number of likely N-dealkylation sites (tertiary alicyclic amines) is 1. The van der Waals surface area contributed by atoms with Crippen LogP contribution in [0.3, 0.4) is 0 Å². The molecule has 1 aromatic heterocycles. The van der Waals surface area contributed by atoms with Crippen LogP contribution < -0.4 is 5.43 Å². The van der Waals surface area contributed by atoms with E-state index >= 15 is 0 Å². The summed E-state index contributed by atoms with van der Waals surface area (Å²) < 4.78 is 2.03. The summed E-state index contributed by atoms with van der Waals surface area (Å²) in [5.41, 5.74) is 1.82. The number of pyridine rings is 1. The van der Waals surface area contributed by atoms with Gasteiger partial charge in [0.1, 0.15) is 0 Å². The van der Waals surface area contributed by atoms with Crippen molar-refractivity contribution in [2.45, 2.75) is 39.3 Å². The highest BCUT2D eigenvalue weighted by molar-refractivity contribution is 5.26. The largest absolute Gasteiger partial charge is 0.503 e. The molecule has 3 rings (SSSR count). The second kappa shape index (κ2) is 7.22. The zero-order chi connectivity index (χ0) is 17.1. The molecule has 0 saturated carbocycles. The van der Waals surface area contributed by atoms with Gasteiger partial charge in [0.2, 0.25) is 5.43 Å². The summed E-state index contributed by atoms with van der Waals surface area (Å²) in [5, 5.41) is 9.92. The minimum Gasteiger partial charge on any atom is -0.503 e. The Balaban J connectivity index is 1.93. The Bertz CT molecular complexity index is 739. The molecule has 1 aromatic carbocycles. The average molecular weight is 326 g/mol. The van der Waals surface area contributed by atoms with E-state index < -0.39 is 0 Å². The van der Waals surface area contributed by atoms with Gasteiger partial charge in [0.25, 0.3) is 0 Å². The normalized spacial score (nSPS) is 20.0. The predicted octanol–water partition coefficient (Wildman–Crippen LogP) is 3.40. The van der Waals surface area contributed by atoms with E-state index in [1.165, 1.54) is 12.8 Å². The highest BCUT2D eigenvalue weighted by Crippen LogP contribution is 2.23. The summed E-state index contributed by atoms with van der Waals surface area (Å²) >= 11 is 0. The van der Waals surface area contributed by atoms with Gasteiger partial charge in [0, 0.05) is 24.8 Å². The third-order valence-electron chi connectivity index (χ3n) is 4.97. The fourth-order valence-electron chi connectivity index (χ4n) is 3.62. The highest BCUT2D eigenvalue weighted by atomic mass is 16.3. The first-order chi connectivity index (χ1) is 11.5. The quantitative estimate of drug-likeness (QED) is 0.937. The Kier molecular flexibility index (Phi) is 5.05. The van der Waals surface area contributed by atoms with Crippen molar-refractivity contribution in [1.82, 2.24) is 9.47 Å². The molecule has 128 valence electrons. The summed E-state index contributed by atoms with van der Waals surface area (Å²) in [7, 11) is 0. The van der Waals surface area contributed by atoms with E-state index in [4.69, 9.17) is 0 Å². The van der Waals surface area contributed by atoms with Crippen molar-refractivity contribution in [1.29, 1.82) is 0 Å². The van der Waals surface area contributed by atoms with E-state index in [1.807, 2.05) is 22.8 Å². The van der Waals surface area contributed by atoms with Crippen molar-refractivity contribution < 1.29 is 5.11 Å². The van der Waals surface area contributed by atoms with Gasteiger partial charge in [-0.2, -0.15) is 0 Å². The Hall–Kier alpha value is -2.07. The summed E-state index contributed by atoms with van der Waals surface area (Å²) in [6, 6.07) is 11.8. The molecule has 24 heavy (non-hydrogen) atoms. The van der Waals surface area contributed by atoms with Crippen molar-refractivity contribution in [3.63, 3.8) is 0 Å². The Morgan fingerprint density at radius 3 is 2.75 bits per heavy atom. The number of hydrogen-bond donors (Lipinski definition) is 1. The fourth-order valence-corrected chi connectivity index (χ4v) is 3.62. The lowest BCUT2D eigenvalue weighted by Gasteiger charge is -2.32. The second-order valence-electron chi connectivity index (χ2n) is 6.99. The number of hydrogen-bond acceptors (Lipinski definition) is 3. The molecule has 0 aliphatic carbocycles. The number of nitrogens with zero attached hydrogens (tertiary/aromatic N) is 2. The van der Waals surface area contributed by atoms with Crippen LogP contribution in [0.4, 0.5) is 0 Å². The molecule has 1 aliphatic heterocycles. The van der Waals surface area contributed by atoms with Crippen LogP contribution >= 0.6 is 0 Å². The van der Waals surface area contributed by atoms with Gasteiger partial charge in [0.05, 0.1) is 12.2 Å². The molecule has 0 amide bonds. The van der Waals surface area contributed by atoms with E-state index in [-0.39, 0.29) is 17.2 Å². The van der Waals surface area contributed by atoms with E-state index in [9.17, 15) is 9.90 Å². The first kappa shape index (κ1) is 16.8. The summed E-state index contributed by atoms with van der Waals surface area (Å²) in [6.45, 7) is 7.26. The Morgan fingerprint density at radius 2 is 2.04 bits per heavy atom. The van der Waals surface area contributed by atoms with E-state index in [2.05, 4.69) is 30.9 Å². The van der Waals surface area contributed by atoms with Crippen LogP contribution in [-0.4, -0.2) is 27.7 Å². The number of benzene rings is 1. The predicted molar refractivity (Wildman–Crippen MR) is 96.3 cm³/mol. The van der Waals surface area contributed by atoms with Crippen molar-refractivity contribution in [2.75, 3.05) is 13.1 Å². The lowest BCUT2D eigenvalue weighted by Crippen LogP contribution is -2.35. The van der Waals surface area contributed by atoms with Gasteiger partial charge in [-0.05, 0) is 37.8 Å². The lowest BCUT2D eigenvalue weighted by molar-refractivity contribution is 0.172. The van der Waals surface area contributed by atoms with Crippen molar-refractivity contribution in [3.8, 4) is 5.75 Å². The van der Waals surface area contributed by atoms with Crippen LogP contribution in [0.5, 0.6) is 5.75 Å². The molecule has 2 unspecified atom stereocenters. The van der Waals surface area contributed by atoms with Crippen LogP contribution in [0.2, 0.25) is 0 Å². The van der Waals surface area contributed by atoms with Crippen molar-refractivity contribution in [3.05, 3.63) is 64.1 Å². The molecule has 1 saturated heterocycles. The maximum atomic E-state index is 12.0. The topological polar surface area (TPSA) is 45.5 Å². The van der Waals surface area contributed by atoms with Gasteiger partial charge >= 0.3 is 0 Å². The third kappa shape index (κ3) is 3.70. The molecule has 4 heteroatoms. The molecular formula is C20H26N2O2. The summed E-state index contributed by atoms with van der Waals surface area (Å²) in [6.07, 6.45) is 4.07. The minimum absolute atomic E-state index is 0.0647. The average Bonchev–Trinajstić information content (AvgIpc) is 2.58. The van der Waals surface area contributed by atoms with Gasteiger partial charge in [-0.3, -0.25) is 9.69 Å². The number of aromatic nitrogens is 1. The number of aromatic hydroxyl groups is 1. The Labute approximate surface area is 143 Å². The highest BCUT2D eigenvalue weighted by Gasteiger charge is 2.19. The zero-order valence-electron chi connectivity index (χ0n) is 14.5. The molecule has 1 fully saturated rings. The van der Waals surface area contributed by atoms with Gasteiger partial charge in [0.15, 0.2) is 5.75 Å². The molecule has 2 aromatic rings. The molecule has 0 radical (unpaired) electrons. The van der Waals surface area contributed by atoms with Crippen LogP contribution in [0, 0.1) is 5.92 Å². The maximum absolute atomic E-state index is 12.0. The number of piperidine rings is 1. The number of rotatable bonds is 4. The molecule has 1 aliphatic rings. The molecule has 2 atom stereocenters. The lowest BCUT2D eigenvalue weighted by atomic mass is 10.00. The fraction of sp³-hybridized carbons (Fsp3) is 0.450. The first-order valence-electron chi connectivity index (χ1n) is 8.76. The molecular weight excluding hydrogens is 300 g/mol. The maximum Gasteiger partial charge on any atom is 0.223 e. The minimum atomic E-state index is -0.299. The van der Waals surface area contributed by atoms with E-state index in [1.54, 1.807) is 12.3 Å². The van der Waals surface area contributed by atoms with Gasteiger partial charge in [-0.1, -0.05) is 37.3 Å². The molecule has 0 spiro atoms. The van der Waals surface area contributed by atoms with E-state index in [0.29, 0.717) is 5.92 Å². The molecule has 2 heterocycles. The monoisotopic (exact) mass is 326 g/mol. The SMILES string of the molecule is CC1CCCN(Cc2cc(=O)c(O)cn2C(C)c2ccccc2)C1. The van der Waals surface area contributed by atoms with Crippen molar-refractivity contribution >= 4 is 0 Å². The zero-order valence-corrected chi connectivity index (χ0v) is 14.5. The molecule has 4 nitrogen and oxygen atoms in total. The van der Waals surface area contributed by atoms with Gasteiger partial charge in [-0.25, -0.2) is 0 Å². The van der Waals surface area contributed by atoms with Crippen LogP contribution in [0.1, 0.15) is 44.0 Å². The second-order valence-corrected chi connectivity index (χ2v) is 6.99. The summed E-state index contributed by atoms with van der Waals surface area (Å²) in [5.74, 6) is 0.510. The summed E-state index contributed by atoms with van der Waals surface area (Å²) in [4.78, 5) is 14.4. The van der Waals surface area contributed by atoms with E-state index in [0.717, 1.165) is 30.9 Å². The van der Waals surface area contributed by atoms with Gasteiger partial charge < -0.3 is 9.67 Å². The molecule has 1 N–H and O–H groups in total. The third-order valence-corrected chi connectivity index (χ3v) is 4.97. The Morgan fingerprint density at radius 1 is 1.29 bits per heavy atom. The van der Waals surface area contributed by atoms with Crippen molar-refractivity contribution in [2.24, 2.45) is 5.92 Å². The standard InChI is InChI=1S/C20H26N2O2/c1-15-7-6-10-21(12-15)13-18-11-19(23)20(24)14-22(18)16(2)17-8-4-3-5-9-17/h3-5,8-9,11,14-16,24H,6-7,10,12-13H2,1-2H3. The smallest absolute Gasteiger partial charge is 0.223 e. The van der Waals surface area contributed by atoms with Crippen LogP contribution in [-0.2, 0) is 6.54 Å². The van der Waals surface area contributed by atoms with Crippen LogP contribution in [0.15, 0.2) is 47.4 Å². The first-order valence-corrected chi connectivity index (χ1v) is 8.76. The van der Waals surface area contributed by atoms with Gasteiger partial charge in [-0.15, -0.1) is 0 Å².